The lowest BCUT2D eigenvalue weighted by molar-refractivity contribution is 0.0523. The van der Waals surface area contributed by atoms with Gasteiger partial charge in [-0.25, -0.2) is 4.79 Å². The number of thiol groups is 1. The number of carbonyl (C=O) groups is 2. The fourth-order valence-corrected chi connectivity index (χ4v) is 5.69. The Morgan fingerprint density at radius 3 is 2.38 bits per heavy atom. The normalized spacial score (nSPS) is 15.4. The molecule has 0 saturated carbocycles. The van der Waals surface area contributed by atoms with Crippen molar-refractivity contribution >= 4 is 32.7 Å². The third-order valence-electron chi connectivity index (χ3n) is 6.76. The highest BCUT2D eigenvalue weighted by Gasteiger charge is 2.26. The predicted molar refractivity (Wildman–Crippen MR) is 151 cm³/mol. The summed E-state index contributed by atoms with van der Waals surface area (Å²) in [6, 6.07) is 19.8. The van der Waals surface area contributed by atoms with E-state index in [0.717, 1.165) is 34.1 Å². The van der Waals surface area contributed by atoms with E-state index in [1.807, 2.05) is 74.2 Å². The summed E-state index contributed by atoms with van der Waals surface area (Å²) in [5.41, 5.74) is 2.39. The molecule has 6 nitrogen and oxygen atoms in total. The Bertz CT molecular complexity index is 1350. The minimum absolute atomic E-state index is 0.0264. The second-order valence-electron chi connectivity index (χ2n) is 11.2. The Kier molecular flexibility index (Phi) is 7.74. The quantitative estimate of drug-likeness (QED) is 0.433. The molecule has 0 aromatic heterocycles. The Morgan fingerprint density at radius 2 is 1.70 bits per heavy atom. The standard InChI is InChI=1S/C30H38N2O4S/c1-30(2,3)36-29(34)31-20-21-8-6-10-24(18-21)22-14-16-32(17-15-22)28(33)26-11-7-9-23-12-13-25(19-27(23)26)37(4,5)35/h6-13,18-19,22,37H,14-17,20H2,1-5H3,(H,31,34). The van der Waals surface area contributed by atoms with Crippen LogP contribution in [0.3, 0.4) is 0 Å². The third-order valence-corrected chi connectivity index (χ3v) is 8.28. The zero-order valence-electron chi connectivity index (χ0n) is 22.4. The molecule has 1 aliphatic rings. The van der Waals surface area contributed by atoms with Gasteiger partial charge in [0.05, 0.1) is 0 Å². The number of piperidine rings is 1. The van der Waals surface area contributed by atoms with Gasteiger partial charge in [0.25, 0.3) is 5.91 Å². The molecule has 37 heavy (non-hydrogen) atoms. The summed E-state index contributed by atoms with van der Waals surface area (Å²) in [6.45, 7) is 7.30. The number of hydrogen-bond acceptors (Lipinski definition) is 4. The van der Waals surface area contributed by atoms with Crippen molar-refractivity contribution in [2.24, 2.45) is 0 Å². The van der Waals surface area contributed by atoms with E-state index in [9.17, 15) is 13.8 Å². The van der Waals surface area contributed by atoms with Gasteiger partial charge in [0.15, 0.2) is 0 Å². The van der Waals surface area contributed by atoms with Crippen molar-refractivity contribution in [2.45, 2.75) is 56.6 Å². The average molecular weight is 523 g/mol. The molecule has 2 amide bonds. The first-order valence-electron chi connectivity index (χ1n) is 12.8. The highest BCUT2D eigenvalue weighted by Crippen LogP contribution is 2.31. The van der Waals surface area contributed by atoms with E-state index in [1.54, 1.807) is 12.5 Å². The molecule has 0 bridgehead atoms. The van der Waals surface area contributed by atoms with Gasteiger partial charge in [-0.3, -0.25) is 9.00 Å². The number of fused-ring (bicyclic) bond motifs is 1. The van der Waals surface area contributed by atoms with Gasteiger partial charge in [-0.15, -0.1) is 0 Å². The SMILES string of the molecule is CC(C)(C)OC(=O)NCc1cccc(C2CCN(C(=O)c3cccc4ccc([SH](C)(C)=O)cc34)CC2)c1. The van der Waals surface area contributed by atoms with Crippen LogP contribution in [0.15, 0.2) is 65.6 Å². The predicted octanol–water partition coefficient (Wildman–Crippen LogP) is 5.52. The molecule has 1 heterocycles. The van der Waals surface area contributed by atoms with Crippen molar-refractivity contribution in [3.63, 3.8) is 0 Å². The highest BCUT2D eigenvalue weighted by molar-refractivity contribution is 8.01. The zero-order valence-corrected chi connectivity index (χ0v) is 23.3. The van der Waals surface area contributed by atoms with Crippen LogP contribution in [0.2, 0.25) is 0 Å². The summed E-state index contributed by atoms with van der Waals surface area (Å²) in [7, 11) is -2.43. The van der Waals surface area contributed by atoms with Gasteiger partial charge in [0.1, 0.15) is 5.60 Å². The molecule has 0 unspecified atom stereocenters. The Labute approximate surface area is 220 Å². The van der Waals surface area contributed by atoms with Crippen LogP contribution in [0, 0.1) is 0 Å². The molecule has 1 N–H and O–H groups in total. The minimum Gasteiger partial charge on any atom is -0.444 e. The van der Waals surface area contributed by atoms with Crippen LogP contribution in [-0.4, -0.2) is 52.3 Å². The molecule has 0 aliphatic carbocycles. The van der Waals surface area contributed by atoms with Crippen molar-refractivity contribution in [2.75, 3.05) is 25.6 Å². The van der Waals surface area contributed by atoms with Crippen LogP contribution in [-0.2, 0) is 21.2 Å². The molecule has 4 rings (SSSR count). The van der Waals surface area contributed by atoms with E-state index in [4.69, 9.17) is 4.74 Å². The molecule has 198 valence electrons. The number of ether oxygens (including phenoxy) is 1. The number of amides is 2. The van der Waals surface area contributed by atoms with Gasteiger partial charge in [-0.2, -0.15) is 0 Å². The summed E-state index contributed by atoms with van der Waals surface area (Å²) in [4.78, 5) is 28.3. The van der Waals surface area contributed by atoms with Gasteiger partial charge in [0.2, 0.25) is 0 Å². The summed E-state index contributed by atoms with van der Waals surface area (Å²) in [6.07, 6.45) is 4.84. The van der Waals surface area contributed by atoms with Crippen LogP contribution in [0.4, 0.5) is 4.79 Å². The number of hydrogen-bond donors (Lipinski definition) is 2. The number of benzene rings is 3. The van der Waals surface area contributed by atoms with Crippen molar-refractivity contribution < 1.29 is 18.5 Å². The number of likely N-dealkylation sites (tertiary alicyclic amines) is 1. The molecule has 3 aromatic carbocycles. The maximum absolute atomic E-state index is 13.5. The maximum Gasteiger partial charge on any atom is 0.407 e. The van der Waals surface area contributed by atoms with Gasteiger partial charge >= 0.3 is 6.09 Å². The first-order chi connectivity index (χ1) is 17.4. The first-order valence-corrected chi connectivity index (χ1v) is 15.4. The van der Waals surface area contributed by atoms with Crippen LogP contribution in [0.5, 0.6) is 0 Å². The first kappa shape index (κ1) is 26.9. The van der Waals surface area contributed by atoms with Crippen LogP contribution in [0.25, 0.3) is 10.8 Å². The van der Waals surface area contributed by atoms with E-state index in [0.29, 0.717) is 31.1 Å². The third kappa shape index (κ3) is 6.77. The molecular formula is C30H38N2O4S. The van der Waals surface area contributed by atoms with E-state index in [1.165, 1.54) is 5.56 Å². The molecule has 7 heteroatoms. The van der Waals surface area contributed by atoms with Gasteiger partial charge in [0, 0.05) is 30.1 Å². The topological polar surface area (TPSA) is 75.7 Å². The van der Waals surface area contributed by atoms with Crippen molar-refractivity contribution in [3.05, 3.63) is 77.4 Å². The lowest BCUT2D eigenvalue weighted by Gasteiger charge is -2.33. The number of nitrogens with zero attached hydrogens (tertiary/aromatic N) is 1. The number of alkyl carbamates (subject to hydrolysis) is 1. The molecule has 0 radical (unpaired) electrons. The smallest absolute Gasteiger partial charge is 0.407 e. The van der Waals surface area contributed by atoms with Crippen LogP contribution < -0.4 is 5.32 Å². The number of carbonyl (C=O) groups excluding carboxylic acids is 2. The summed E-state index contributed by atoms with van der Waals surface area (Å²) in [5.74, 6) is 0.384. The second kappa shape index (κ2) is 10.7. The van der Waals surface area contributed by atoms with Gasteiger partial charge < -0.3 is 15.0 Å². The molecular weight excluding hydrogens is 484 g/mol. The molecule has 1 aliphatic heterocycles. The fourth-order valence-electron chi connectivity index (χ4n) is 4.81. The van der Waals surface area contributed by atoms with Crippen LogP contribution >= 0.6 is 0 Å². The summed E-state index contributed by atoms with van der Waals surface area (Å²) >= 11 is 0. The molecule has 1 saturated heterocycles. The van der Waals surface area contributed by atoms with Crippen LogP contribution in [0.1, 0.15) is 61.0 Å². The van der Waals surface area contributed by atoms with Gasteiger partial charge in [-0.1, -0.05) is 52.4 Å². The number of nitrogens with one attached hydrogen (secondary N) is 1. The fraction of sp³-hybridized carbons (Fsp3) is 0.400. The Hall–Kier alpha value is -3.19. The molecule has 0 spiro atoms. The largest absolute Gasteiger partial charge is 0.444 e. The van der Waals surface area contributed by atoms with Crippen molar-refractivity contribution in [3.8, 4) is 0 Å². The van der Waals surface area contributed by atoms with E-state index in [-0.39, 0.29) is 5.91 Å². The monoisotopic (exact) mass is 522 g/mol. The Balaban J connectivity index is 1.42. The highest BCUT2D eigenvalue weighted by atomic mass is 32.2. The van der Waals surface area contributed by atoms with E-state index < -0.39 is 21.6 Å². The van der Waals surface area contributed by atoms with Crippen molar-refractivity contribution in [1.29, 1.82) is 0 Å². The number of rotatable bonds is 5. The molecule has 3 aromatic rings. The molecule has 0 atom stereocenters. The second-order valence-corrected chi connectivity index (χ2v) is 14.4. The average Bonchev–Trinajstić information content (AvgIpc) is 2.85. The van der Waals surface area contributed by atoms with Gasteiger partial charge in [-0.05, 0) is 92.1 Å². The Morgan fingerprint density at radius 1 is 1.00 bits per heavy atom. The van der Waals surface area contributed by atoms with E-state index in [2.05, 4.69) is 17.4 Å². The lowest BCUT2D eigenvalue weighted by Crippen LogP contribution is -2.38. The summed E-state index contributed by atoms with van der Waals surface area (Å²) in [5, 5.41) is 4.67. The summed E-state index contributed by atoms with van der Waals surface area (Å²) < 4.78 is 18.0. The lowest BCUT2D eigenvalue weighted by atomic mass is 9.88. The molecule has 1 fully saturated rings. The van der Waals surface area contributed by atoms with E-state index >= 15 is 0 Å². The maximum atomic E-state index is 13.5. The zero-order chi connectivity index (χ0) is 26.8. The minimum atomic E-state index is -2.43. The van der Waals surface area contributed by atoms with Crippen molar-refractivity contribution in [1.82, 2.24) is 10.2 Å².